The Labute approximate surface area is 128 Å². The van der Waals surface area contributed by atoms with Crippen LogP contribution in [0, 0.1) is 17.6 Å². The Morgan fingerprint density at radius 2 is 1.48 bits per heavy atom. The highest BCUT2D eigenvalue weighted by atomic mass is 19.1. The fourth-order valence-corrected chi connectivity index (χ4v) is 3.01. The molecule has 21 heavy (non-hydrogen) atoms. The first-order valence-corrected chi connectivity index (χ1v) is 8.29. The maximum atomic E-state index is 13.4. The molecule has 1 rings (SSSR count). The van der Waals surface area contributed by atoms with E-state index in [1.807, 2.05) is 0 Å². The minimum atomic E-state index is -0.484. The van der Waals surface area contributed by atoms with Crippen LogP contribution in [0.25, 0.3) is 0 Å². The lowest BCUT2D eigenvalue weighted by molar-refractivity contribution is 0.308. The van der Waals surface area contributed by atoms with Gasteiger partial charge in [0.2, 0.25) is 0 Å². The highest BCUT2D eigenvalue weighted by Gasteiger charge is 2.20. The molecule has 0 amide bonds. The molecule has 0 heterocycles. The molecule has 0 aliphatic rings. The van der Waals surface area contributed by atoms with Crippen molar-refractivity contribution in [2.45, 2.75) is 65.3 Å². The van der Waals surface area contributed by atoms with Gasteiger partial charge in [0, 0.05) is 12.1 Å². The van der Waals surface area contributed by atoms with E-state index in [1.165, 1.54) is 12.1 Å². The van der Waals surface area contributed by atoms with Crippen LogP contribution in [0.4, 0.5) is 8.78 Å². The molecule has 1 unspecified atom stereocenters. The zero-order valence-corrected chi connectivity index (χ0v) is 13.6. The van der Waals surface area contributed by atoms with Gasteiger partial charge in [0.05, 0.1) is 0 Å². The van der Waals surface area contributed by atoms with Gasteiger partial charge < -0.3 is 5.32 Å². The second-order valence-corrected chi connectivity index (χ2v) is 5.88. The Bertz CT molecular complexity index is 380. The molecule has 0 bridgehead atoms. The maximum absolute atomic E-state index is 13.4. The third-order valence-corrected chi connectivity index (χ3v) is 3.92. The van der Waals surface area contributed by atoms with Gasteiger partial charge in [-0.25, -0.2) is 8.78 Å². The van der Waals surface area contributed by atoms with Crippen LogP contribution in [0.2, 0.25) is 0 Å². The van der Waals surface area contributed by atoms with Crippen LogP contribution in [0.15, 0.2) is 18.2 Å². The minimum Gasteiger partial charge on any atom is -0.313 e. The third-order valence-electron chi connectivity index (χ3n) is 3.92. The Kier molecular flexibility index (Phi) is 8.51. The van der Waals surface area contributed by atoms with Crippen molar-refractivity contribution in [2.24, 2.45) is 5.92 Å². The van der Waals surface area contributed by atoms with Crippen molar-refractivity contribution in [3.8, 4) is 0 Å². The highest BCUT2D eigenvalue weighted by Crippen LogP contribution is 2.22. The van der Waals surface area contributed by atoms with Gasteiger partial charge in [0.25, 0.3) is 0 Å². The molecule has 1 aromatic carbocycles. The summed E-state index contributed by atoms with van der Waals surface area (Å²) >= 11 is 0. The summed E-state index contributed by atoms with van der Waals surface area (Å²) in [6.45, 7) is 7.48. The Balaban J connectivity index is 2.84. The second kappa shape index (κ2) is 9.88. The molecule has 0 saturated carbocycles. The first kappa shape index (κ1) is 18.1. The molecule has 0 spiro atoms. The van der Waals surface area contributed by atoms with Crippen molar-refractivity contribution >= 4 is 0 Å². The predicted molar refractivity (Wildman–Crippen MR) is 85.4 cm³/mol. The molecule has 1 N–H and O–H groups in total. The summed E-state index contributed by atoms with van der Waals surface area (Å²) in [7, 11) is 0. The first-order chi connectivity index (χ1) is 10.1. The maximum Gasteiger partial charge on any atom is 0.126 e. The summed E-state index contributed by atoms with van der Waals surface area (Å²) in [6, 6.07) is 4.15. The lowest BCUT2D eigenvalue weighted by Gasteiger charge is -2.28. The summed E-state index contributed by atoms with van der Waals surface area (Å²) in [5.41, 5.74) is 0.748. The molecular weight excluding hydrogens is 268 g/mol. The SMILES string of the molecule is CCCNC(Cc1cc(F)cc(F)c1)C(CCC)CCC. The van der Waals surface area contributed by atoms with Gasteiger partial charge in [-0.15, -0.1) is 0 Å². The van der Waals surface area contributed by atoms with Gasteiger partial charge in [0.1, 0.15) is 11.6 Å². The zero-order chi connectivity index (χ0) is 15.7. The molecule has 0 aliphatic carbocycles. The highest BCUT2D eigenvalue weighted by molar-refractivity contribution is 5.19. The lowest BCUT2D eigenvalue weighted by atomic mass is 9.86. The average molecular weight is 297 g/mol. The van der Waals surface area contributed by atoms with E-state index in [0.717, 1.165) is 50.3 Å². The minimum absolute atomic E-state index is 0.297. The quantitative estimate of drug-likeness (QED) is 0.634. The van der Waals surface area contributed by atoms with E-state index in [2.05, 4.69) is 26.1 Å². The van der Waals surface area contributed by atoms with Crippen LogP contribution in [-0.4, -0.2) is 12.6 Å². The predicted octanol–water partition coefficient (Wildman–Crippen LogP) is 5.09. The number of nitrogens with one attached hydrogen (secondary N) is 1. The van der Waals surface area contributed by atoms with E-state index in [9.17, 15) is 8.78 Å². The van der Waals surface area contributed by atoms with Gasteiger partial charge in [0.15, 0.2) is 0 Å². The van der Waals surface area contributed by atoms with Crippen molar-refractivity contribution in [2.75, 3.05) is 6.54 Å². The van der Waals surface area contributed by atoms with E-state index in [-0.39, 0.29) is 0 Å². The number of halogens is 2. The Morgan fingerprint density at radius 1 is 0.905 bits per heavy atom. The average Bonchev–Trinajstić information content (AvgIpc) is 2.42. The summed E-state index contributed by atoms with van der Waals surface area (Å²) in [5.74, 6) is -0.401. The van der Waals surface area contributed by atoms with Crippen LogP contribution in [0.5, 0.6) is 0 Å². The Morgan fingerprint density at radius 3 is 1.95 bits per heavy atom. The van der Waals surface area contributed by atoms with Crippen molar-refractivity contribution in [1.82, 2.24) is 5.32 Å². The number of rotatable bonds is 10. The zero-order valence-electron chi connectivity index (χ0n) is 13.6. The van der Waals surface area contributed by atoms with E-state index in [4.69, 9.17) is 0 Å². The third kappa shape index (κ3) is 6.56. The molecule has 0 aromatic heterocycles. The van der Waals surface area contributed by atoms with Crippen molar-refractivity contribution in [3.63, 3.8) is 0 Å². The van der Waals surface area contributed by atoms with Crippen LogP contribution >= 0.6 is 0 Å². The molecule has 1 atom stereocenters. The fraction of sp³-hybridized carbons (Fsp3) is 0.667. The van der Waals surface area contributed by atoms with Gasteiger partial charge in [-0.2, -0.15) is 0 Å². The molecule has 0 radical (unpaired) electrons. The summed E-state index contributed by atoms with van der Waals surface area (Å²) in [5, 5.41) is 3.58. The number of hydrogen-bond acceptors (Lipinski definition) is 1. The molecule has 1 nitrogen and oxygen atoms in total. The molecule has 120 valence electrons. The second-order valence-electron chi connectivity index (χ2n) is 5.88. The molecule has 0 saturated heterocycles. The first-order valence-electron chi connectivity index (χ1n) is 8.29. The largest absolute Gasteiger partial charge is 0.313 e. The van der Waals surface area contributed by atoms with Crippen molar-refractivity contribution < 1.29 is 8.78 Å². The fourth-order valence-electron chi connectivity index (χ4n) is 3.01. The normalized spacial score (nSPS) is 12.9. The molecule has 0 fully saturated rings. The number of benzene rings is 1. The topological polar surface area (TPSA) is 12.0 Å². The van der Waals surface area contributed by atoms with Gasteiger partial charge >= 0.3 is 0 Å². The molecule has 1 aromatic rings. The van der Waals surface area contributed by atoms with Crippen LogP contribution < -0.4 is 5.32 Å². The smallest absolute Gasteiger partial charge is 0.126 e. The van der Waals surface area contributed by atoms with Crippen LogP contribution in [0.3, 0.4) is 0 Å². The van der Waals surface area contributed by atoms with Crippen LogP contribution in [0.1, 0.15) is 58.4 Å². The molecular formula is C18H29F2N. The monoisotopic (exact) mass is 297 g/mol. The summed E-state index contributed by atoms with van der Waals surface area (Å²) in [6.07, 6.45) is 6.37. The van der Waals surface area contributed by atoms with Gasteiger partial charge in [-0.05, 0) is 55.8 Å². The van der Waals surface area contributed by atoms with E-state index < -0.39 is 11.6 Å². The lowest BCUT2D eigenvalue weighted by Crippen LogP contribution is -2.38. The van der Waals surface area contributed by atoms with E-state index in [0.29, 0.717) is 18.4 Å². The standard InChI is InChI=1S/C18H29F2N/c1-4-7-15(8-5-2)18(21-9-6-3)12-14-10-16(19)13-17(20)11-14/h10-11,13,15,18,21H,4-9,12H2,1-3H3. The van der Waals surface area contributed by atoms with Crippen molar-refractivity contribution in [3.05, 3.63) is 35.4 Å². The Hall–Kier alpha value is -0.960. The molecule has 0 aliphatic heterocycles. The van der Waals surface area contributed by atoms with E-state index in [1.54, 1.807) is 0 Å². The molecule has 3 heteroatoms. The van der Waals surface area contributed by atoms with Gasteiger partial charge in [-0.1, -0.05) is 33.6 Å². The van der Waals surface area contributed by atoms with Gasteiger partial charge in [-0.3, -0.25) is 0 Å². The van der Waals surface area contributed by atoms with Crippen LogP contribution in [-0.2, 0) is 6.42 Å². The van der Waals surface area contributed by atoms with Crippen molar-refractivity contribution in [1.29, 1.82) is 0 Å². The van der Waals surface area contributed by atoms with E-state index >= 15 is 0 Å². The number of hydrogen-bond donors (Lipinski definition) is 1. The summed E-state index contributed by atoms with van der Waals surface area (Å²) in [4.78, 5) is 0. The summed E-state index contributed by atoms with van der Waals surface area (Å²) < 4.78 is 26.7.